The van der Waals surface area contributed by atoms with Crippen LogP contribution >= 0.6 is 0 Å². The molecular weight excluding hydrogens is 190 g/mol. The van der Waals surface area contributed by atoms with Crippen LogP contribution < -0.4 is 0 Å². The fourth-order valence-electron chi connectivity index (χ4n) is 1.28. The summed E-state index contributed by atoms with van der Waals surface area (Å²) >= 11 is 0. The maximum Gasteiger partial charge on any atom is 0.338 e. The standard InChI is InChI=1S/C12H15NO2/c1-4-6-11-8-10(7-9(3)13-11)12(14)15-5-2/h4,6-8H,5H2,1-3H3/b6-4-. The summed E-state index contributed by atoms with van der Waals surface area (Å²) in [5.74, 6) is -0.297. The van der Waals surface area contributed by atoms with E-state index in [1.165, 1.54) is 0 Å². The number of carbonyl (C=O) groups is 1. The van der Waals surface area contributed by atoms with Crippen LogP contribution in [0.25, 0.3) is 6.08 Å². The van der Waals surface area contributed by atoms with Crippen molar-refractivity contribution in [2.45, 2.75) is 20.8 Å². The topological polar surface area (TPSA) is 39.2 Å². The maximum absolute atomic E-state index is 11.5. The molecule has 0 radical (unpaired) electrons. The maximum atomic E-state index is 11.5. The minimum atomic E-state index is -0.297. The Labute approximate surface area is 89.8 Å². The van der Waals surface area contributed by atoms with Crippen LogP contribution in [-0.2, 0) is 4.74 Å². The zero-order valence-corrected chi connectivity index (χ0v) is 9.28. The predicted octanol–water partition coefficient (Wildman–Crippen LogP) is 2.60. The van der Waals surface area contributed by atoms with E-state index in [4.69, 9.17) is 4.74 Å². The molecule has 80 valence electrons. The van der Waals surface area contributed by atoms with Crippen molar-refractivity contribution in [1.82, 2.24) is 4.98 Å². The van der Waals surface area contributed by atoms with Gasteiger partial charge in [-0.1, -0.05) is 6.08 Å². The van der Waals surface area contributed by atoms with Gasteiger partial charge in [0.05, 0.1) is 17.9 Å². The number of aromatic nitrogens is 1. The first-order chi connectivity index (χ1) is 7.17. The minimum absolute atomic E-state index is 0.297. The number of allylic oxidation sites excluding steroid dienone is 1. The van der Waals surface area contributed by atoms with E-state index < -0.39 is 0 Å². The van der Waals surface area contributed by atoms with E-state index in [-0.39, 0.29) is 5.97 Å². The zero-order chi connectivity index (χ0) is 11.3. The molecule has 0 amide bonds. The van der Waals surface area contributed by atoms with Gasteiger partial charge in [-0.25, -0.2) is 4.79 Å². The van der Waals surface area contributed by atoms with Crippen molar-refractivity contribution in [1.29, 1.82) is 0 Å². The molecule has 0 saturated carbocycles. The smallest absolute Gasteiger partial charge is 0.338 e. The van der Waals surface area contributed by atoms with Crippen molar-refractivity contribution < 1.29 is 9.53 Å². The van der Waals surface area contributed by atoms with Gasteiger partial charge in [0.2, 0.25) is 0 Å². The number of hydrogen-bond acceptors (Lipinski definition) is 3. The highest BCUT2D eigenvalue weighted by molar-refractivity contribution is 5.90. The molecule has 0 saturated heterocycles. The van der Waals surface area contributed by atoms with Crippen molar-refractivity contribution in [2.75, 3.05) is 6.61 Å². The summed E-state index contributed by atoms with van der Waals surface area (Å²) < 4.78 is 4.93. The summed E-state index contributed by atoms with van der Waals surface area (Å²) in [6, 6.07) is 3.45. The number of pyridine rings is 1. The molecule has 0 atom stereocenters. The summed E-state index contributed by atoms with van der Waals surface area (Å²) in [5, 5.41) is 0. The van der Waals surface area contributed by atoms with E-state index in [9.17, 15) is 4.79 Å². The van der Waals surface area contributed by atoms with Crippen molar-refractivity contribution in [2.24, 2.45) is 0 Å². The highest BCUT2D eigenvalue weighted by Gasteiger charge is 2.07. The molecule has 0 N–H and O–H groups in total. The second kappa shape index (κ2) is 5.29. The quantitative estimate of drug-likeness (QED) is 0.712. The zero-order valence-electron chi connectivity index (χ0n) is 9.28. The molecule has 15 heavy (non-hydrogen) atoms. The number of esters is 1. The van der Waals surface area contributed by atoms with E-state index in [0.717, 1.165) is 11.4 Å². The third kappa shape index (κ3) is 3.20. The molecule has 1 aromatic rings. The minimum Gasteiger partial charge on any atom is -0.462 e. The van der Waals surface area contributed by atoms with Crippen molar-refractivity contribution in [3.63, 3.8) is 0 Å². The third-order valence-electron chi connectivity index (χ3n) is 1.82. The molecule has 0 aliphatic rings. The number of rotatable bonds is 3. The van der Waals surface area contributed by atoms with Gasteiger partial charge < -0.3 is 4.74 Å². The van der Waals surface area contributed by atoms with Crippen LogP contribution in [0, 0.1) is 6.92 Å². The van der Waals surface area contributed by atoms with E-state index in [1.807, 2.05) is 26.0 Å². The lowest BCUT2D eigenvalue weighted by Crippen LogP contribution is -2.06. The van der Waals surface area contributed by atoms with Crippen molar-refractivity contribution in [3.05, 3.63) is 35.2 Å². The van der Waals surface area contributed by atoms with E-state index in [0.29, 0.717) is 12.2 Å². The van der Waals surface area contributed by atoms with Crippen LogP contribution in [0.5, 0.6) is 0 Å². The van der Waals surface area contributed by atoms with E-state index in [1.54, 1.807) is 19.1 Å². The Morgan fingerprint density at radius 3 is 2.87 bits per heavy atom. The summed E-state index contributed by atoms with van der Waals surface area (Å²) in [4.78, 5) is 15.8. The van der Waals surface area contributed by atoms with Gasteiger partial charge in [-0.05, 0) is 39.0 Å². The summed E-state index contributed by atoms with van der Waals surface area (Å²) in [6.45, 7) is 5.95. The Morgan fingerprint density at radius 2 is 2.27 bits per heavy atom. The lowest BCUT2D eigenvalue weighted by Gasteiger charge is -2.03. The second-order valence-corrected chi connectivity index (χ2v) is 3.14. The van der Waals surface area contributed by atoms with Crippen molar-refractivity contribution in [3.8, 4) is 0 Å². The van der Waals surface area contributed by atoms with E-state index >= 15 is 0 Å². The highest BCUT2D eigenvalue weighted by Crippen LogP contribution is 2.08. The molecule has 0 fully saturated rings. The van der Waals surface area contributed by atoms with Gasteiger partial charge in [-0.15, -0.1) is 0 Å². The molecule has 0 spiro atoms. The first kappa shape index (κ1) is 11.4. The molecule has 3 nitrogen and oxygen atoms in total. The fraction of sp³-hybridized carbons (Fsp3) is 0.333. The number of hydrogen-bond donors (Lipinski definition) is 0. The Hall–Kier alpha value is -1.64. The Balaban J connectivity index is 3.03. The van der Waals surface area contributed by atoms with Crippen LogP contribution in [0.3, 0.4) is 0 Å². The van der Waals surface area contributed by atoms with Gasteiger partial charge >= 0.3 is 5.97 Å². The van der Waals surface area contributed by atoms with Crippen LogP contribution in [0.15, 0.2) is 18.2 Å². The number of carbonyl (C=O) groups excluding carboxylic acids is 1. The van der Waals surface area contributed by atoms with Crippen LogP contribution in [0.1, 0.15) is 35.6 Å². The van der Waals surface area contributed by atoms with Gasteiger partial charge in [0.25, 0.3) is 0 Å². The lowest BCUT2D eigenvalue weighted by molar-refractivity contribution is 0.0526. The molecule has 0 aromatic carbocycles. The number of nitrogens with zero attached hydrogens (tertiary/aromatic N) is 1. The largest absolute Gasteiger partial charge is 0.462 e. The molecule has 0 aliphatic heterocycles. The molecular formula is C12H15NO2. The van der Waals surface area contributed by atoms with Crippen LogP contribution in [-0.4, -0.2) is 17.6 Å². The molecule has 0 bridgehead atoms. The SMILES string of the molecule is C/C=C\c1cc(C(=O)OCC)cc(C)n1. The summed E-state index contributed by atoms with van der Waals surface area (Å²) in [5.41, 5.74) is 2.15. The van der Waals surface area contributed by atoms with Gasteiger partial charge in [0.1, 0.15) is 0 Å². The molecule has 1 heterocycles. The Bertz CT molecular complexity index is 383. The van der Waals surface area contributed by atoms with Crippen LogP contribution in [0.2, 0.25) is 0 Å². The average Bonchev–Trinajstić information content (AvgIpc) is 2.17. The van der Waals surface area contributed by atoms with Crippen LogP contribution in [0.4, 0.5) is 0 Å². The highest BCUT2D eigenvalue weighted by atomic mass is 16.5. The predicted molar refractivity (Wildman–Crippen MR) is 59.6 cm³/mol. The average molecular weight is 205 g/mol. The second-order valence-electron chi connectivity index (χ2n) is 3.14. The van der Waals surface area contributed by atoms with Gasteiger partial charge in [-0.3, -0.25) is 4.98 Å². The normalized spacial score (nSPS) is 10.6. The van der Waals surface area contributed by atoms with Crippen molar-refractivity contribution >= 4 is 12.0 Å². The first-order valence-electron chi connectivity index (χ1n) is 4.96. The third-order valence-corrected chi connectivity index (χ3v) is 1.82. The first-order valence-corrected chi connectivity index (χ1v) is 4.96. The van der Waals surface area contributed by atoms with Gasteiger partial charge in [0.15, 0.2) is 0 Å². The molecule has 3 heteroatoms. The summed E-state index contributed by atoms with van der Waals surface area (Å²) in [6.07, 6.45) is 3.74. The lowest BCUT2D eigenvalue weighted by atomic mass is 10.2. The number of aryl methyl sites for hydroxylation is 1. The molecule has 0 aliphatic carbocycles. The Morgan fingerprint density at radius 1 is 1.53 bits per heavy atom. The number of ether oxygens (including phenoxy) is 1. The monoisotopic (exact) mass is 205 g/mol. The van der Waals surface area contributed by atoms with E-state index in [2.05, 4.69) is 4.98 Å². The van der Waals surface area contributed by atoms with Gasteiger partial charge in [0, 0.05) is 5.69 Å². The molecule has 0 unspecified atom stereocenters. The van der Waals surface area contributed by atoms with Gasteiger partial charge in [-0.2, -0.15) is 0 Å². The Kier molecular flexibility index (Phi) is 4.03. The molecule has 1 rings (SSSR count). The molecule has 1 aromatic heterocycles. The fourth-order valence-corrected chi connectivity index (χ4v) is 1.28. The summed E-state index contributed by atoms with van der Waals surface area (Å²) in [7, 11) is 0.